The number of nitrogens with one attached hydrogen (secondary N) is 1. The topological polar surface area (TPSA) is 239 Å². The molecule has 2 atom stereocenters. The summed E-state index contributed by atoms with van der Waals surface area (Å²) in [7, 11) is 0. The van der Waals surface area contributed by atoms with Crippen LogP contribution in [0.3, 0.4) is 0 Å². The Kier molecular flexibility index (Phi) is 19.6. The molecule has 0 aliphatic carbocycles. The van der Waals surface area contributed by atoms with Gasteiger partial charge in [-0.05, 0) is 25.8 Å². The lowest BCUT2D eigenvalue weighted by Gasteiger charge is -2.11. The largest absolute Gasteiger partial charge is 0.481 e. The van der Waals surface area contributed by atoms with Crippen LogP contribution >= 0.6 is 0 Å². The van der Waals surface area contributed by atoms with Crippen LogP contribution in [0, 0.1) is 0 Å². The number of rotatable bonds is 10. The van der Waals surface area contributed by atoms with Crippen LogP contribution in [0.15, 0.2) is 0 Å². The lowest BCUT2D eigenvalue weighted by Crippen LogP contribution is -2.37. The van der Waals surface area contributed by atoms with Gasteiger partial charge in [-0.15, -0.1) is 0 Å². The monoisotopic (exact) mass is 368 g/mol. The van der Waals surface area contributed by atoms with Gasteiger partial charge in [-0.3, -0.25) is 14.4 Å². The SMILES string of the molecule is CCCNC(CCO)C(=O)O.NC(CCC(=O)O)C(=O)O.NC(N)=O. The van der Waals surface area contributed by atoms with Crippen LogP contribution in [-0.2, 0) is 14.4 Å². The van der Waals surface area contributed by atoms with Crippen molar-refractivity contribution < 1.29 is 39.6 Å². The fourth-order valence-electron chi connectivity index (χ4n) is 1.16. The Morgan fingerprint density at radius 1 is 1.00 bits per heavy atom. The number of amides is 2. The van der Waals surface area contributed by atoms with E-state index in [-0.39, 0.29) is 25.9 Å². The second-order valence-corrected chi connectivity index (χ2v) is 4.64. The number of primary amides is 2. The van der Waals surface area contributed by atoms with Crippen LogP contribution in [0.1, 0.15) is 32.6 Å². The van der Waals surface area contributed by atoms with Crippen LogP contribution in [-0.4, -0.2) is 69.6 Å². The summed E-state index contributed by atoms with van der Waals surface area (Å²) in [5, 5.41) is 36.1. The number of aliphatic carboxylic acids is 3. The van der Waals surface area contributed by atoms with Crippen molar-refractivity contribution in [2.75, 3.05) is 13.2 Å². The molecule has 0 aromatic carbocycles. The molecule has 0 aliphatic rings. The average molecular weight is 368 g/mol. The highest BCUT2D eigenvalue weighted by molar-refractivity contribution is 5.74. The molecule has 0 bridgehead atoms. The third-order valence-corrected chi connectivity index (χ3v) is 2.34. The molecular formula is C13H28N4O8. The van der Waals surface area contributed by atoms with Gasteiger partial charge < -0.3 is 42.9 Å². The molecule has 0 aliphatic heterocycles. The highest BCUT2D eigenvalue weighted by Gasteiger charge is 2.14. The number of carboxylic acids is 3. The van der Waals surface area contributed by atoms with E-state index in [9.17, 15) is 14.4 Å². The number of hydrogen-bond donors (Lipinski definition) is 8. The van der Waals surface area contributed by atoms with Crippen LogP contribution in [0.5, 0.6) is 0 Å². The van der Waals surface area contributed by atoms with Gasteiger partial charge in [0.15, 0.2) is 0 Å². The maximum Gasteiger partial charge on any atom is 0.320 e. The zero-order valence-corrected chi connectivity index (χ0v) is 14.1. The first kappa shape index (κ1) is 27.4. The van der Waals surface area contributed by atoms with Crippen molar-refractivity contribution in [2.45, 2.75) is 44.7 Å². The lowest BCUT2D eigenvalue weighted by atomic mass is 10.2. The summed E-state index contributed by atoms with van der Waals surface area (Å²) in [5.74, 6) is -3.09. The fourth-order valence-corrected chi connectivity index (χ4v) is 1.16. The summed E-state index contributed by atoms with van der Waals surface area (Å²) in [6, 6.07) is -2.49. The Balaban J connectivity index is -0.000000321. The molecule has 2 unspecified atom stereocenters. The van der Waals surface area contributed by atoms with Crippen molar-refractivity contribution in [3.05, 3.63) is 0 Å². The molecule has 0 aromatic heterocycles. The van der Waals surface area contributed by atoms with Gasteiger partial charge in [0.2, 0.25) is 0 Å². The second-order valence-electron chi connectivity index (χ2n) is 4.64. The predicted molar refractivity (Wildman–Crippen MR) is 87.7 cm³/mol. The summed E-state index contributed by atoms with van der Waals surface area (Å²) in [4.78, 5) is 39.3. The Morgan fingerprint density at radius 3 is 1.76 bits per heavy atom. The van der Waals surface area contributed by atoms with E-state index in [0.717, 1.165) is 6.42 Å². The van der Waals surface area contributed by atoms with Crippen LogP contribution in [0.2, 0.25) is 0 Å². The molecule has 0 radical (unpaired) electrons. The molecule has 0 rings (SSSR count). The number of carboxylic acid groups (broad SMARTS) is 3. The predicted octanol–water partition coefficient (Wildman–Crippen LogP) is -1.89. The van der Waals surface area contributed by atoms with Gasteiger partial charge in [-0.25, -0.2) is 4.79 Å². The van der Waals surface area contributed by atoms with E-state index < -0.39 is 36.0 Å². The molecule has 148 valence electrons. The summed E-state index contributed by atoms with van der Waals surface area (Å²) in [5.41, 5.74) is 13.5. The Bertz CT molecular complexity index is 401. The number of aliphatic hydroxyl groups is 1. The van der Waals surface area contributed by atoms with Gasteiger partial charge in [-0.2, -0.15) is 0 Å². The maximum atomic E-state index is 10.4. The minimum Gasteiger partial charge on any atom is -0.481 e. The standard InChI is InChI=1S/C7H15NO3.C5H9NO4.CH4N2O/c1-2-4-8-6(3-5-9)7(10)11;6-3(5(9)10)1-2-4(7)8;2-1(3)4/h6,8-9H,2-5H2,1H3,(H,10,11);3H,1-2,6H2,(H,7,8)(H,9,10);(H4,2,3,4). The maximum absolute atomic E-state index is 10.4. The average Bonchev–Trinajstić information content (AvgIpc) is 2.48. The van der Waals surface area contributed by atoms with Crippen molar-refractivity contribution in [3.8, 4) is 0 Å². The van der Waals surface area contributed by atoms with E-state index in [1.54, 1.807) is 0 Å². The van der Waals surface area contributed by atoms with Gasteiger partial charge in [0.1, 0.15) is 12.1 Å². The summed E-state index contributed by atoms with van der Waals surface area (Å²) < 4.78 is 0. The number of urea groups is 1. The number of carbonyl (C=O) groups excluding carboxylic acids is 1. The summed E-state index contributed by atoms with van der Waals surface area (Å²) >= 11 is 0. The smallest absolute Gasteiger partial charge is 0.320 e. The Labute approximate surface area is 145 Å². The van der Waals surface area contributed by atoms with Gasteiger partial charge in [0, 0.05) is 13.0 Å². The lowest BCUT2D eigenvalue weighted by molar-refractivity contribution is -0.141. The first-order valence-electron chi connectivity index (χ1n) is 7.31. The highest BCUT2D eigenvalue weighted by Crippen LogP contribution is 1.93. The van der Waals surface area contributed by atoms with E-state index in [2.05, 4.69) is 16.8 Å². The van der Waals surface area contributed by atoms with Crippen molar-refractivity contribution in [2.24, 2.45) is 17.2 Å². The molecule has 25 heavy (non-hydrogen) atoms. The third kappa shape index (κ3) is 26.8. The summed E-state index contributed by atoms with van der Waals surface area (Å²) in [6.45, 7) is 2.55. The van der Waals surface area contributed by atoms with Crippen LogP contribution in [0.4, 0.5) is 4.79 Å². The molecule has 0 saturated heterocycles. The van der Waals surface area contributed by atoms with E-state index in [0.29, 0.717) is 6.54 Å². The minimum atomic E-state index is -1.17. The van der Waals surface area contributed by atoms with Gasteiger partial charge in [-0.1, -0.05) is 6.92 Å². The quantitative estimate of drug-likeness (QED) is 0.213. The molecule has 0 heterocycles. The van der Waals surface area contributed by atoms with E-state index in [4.69, 9.17) is 31.0 Å². The highest BCUT2D eigenvalue weighted by atomic mass is 16.4. The van der Waals surface area contributed by atoms with Gasteiger partial charge in [0.25, 0.3) is 0 Å². The zero-order valence-electron chi connectivity index (χ0n) is 14.1. The van der Waals surface area contributed by atoms with E-state index >= 15 is 0 Å². The number of aliphatic hydroxyl groups excluding tert-OH is 1. The number of carbonyl (C=O) groups is 4. The molecule has 0 saturated carbocycles. The second kappa shape index (κ2) is 17.9. The zero-order chi connectivity index (χ0) is 20.4. The van der Waals surface area contributed by atoms with Gasteiger partial charge in [0.05, 0.1) is 0 Å². The molecule has 11 N–H and O–H groups in total. The Morgan fingerprint density at radius 2 is 1.48 bits per heavy atom. The van der Waals surface area contributed by atoms with Crippen LogP contribution < -0.4 is 22.5 Å². The molecule has 0 aromatic rings. The molecule has 12 nitrogen and oxygen atoms in total. The number of hydrogen-bond acceptors (Lipinski definition) is 7. The van der Waals surface area contributed by atoms with Gasteiger partial charge >= 0.3 is 23.9 Å². The molecule has 0 spiro atoms. The normalized spacial score (nSPS) is 11.6. The van der Waals surface area contributed by atoms with E-state index in [1.165, 1.54) is 0 Å². The fraction of sp³-hybridized carbons (Fsp3) is 0.692. The number of nitrogens with two attached hydrogens (primary N) is 3. The molecule has 2 amide bonds. The third-order valence-electron chi connectivity index (χ3n) is 2.34. The Hall–Kier alpha value is -2.44. The van der Waals surface area contributed by atoms with Crippen molar-refractivity contribution in [1.29, 1.82) is 0 Å². The van der Waals surface area contributed by atoms with E-state index in [1.807, 2.05) is 6.92 Å². The van der Waals surface area contributed by atoms with Crippen molar-refractivity contribution in [3.63, 3.8) is 0 Å². The minimum absolute atomic E-state index is 0.0231. The molecular weight excluding hydrogens is 340 g/mol. The van der Waals surface area contributed by atoms with Crippen molar-refractivity contribution in [1.82, 2.24) is 5.32 Å². The summed E-state index contributed by atoms with van der Waals surface area (Å²) in [6.07, 6.45) is 0.947. The van der Waals surface area contributed by atoms with Crippen molar-refractivity contribution >= 4 is 23.9 Å². The molecule has 0 fully saturated rings. The molecule has 12 heteroatoms. The first-order valence-corrected chi connectivity index (χ1v) is 7.31. The first-order chi connectivity index (χ1) is 11.5. The van der Waals surface area contributed by atoms with Crippen LogP contribution in [0.25, 0.3) is 0 Å².